The molecule has 1 N–H and O–H groups in total. The van der Waals surface area contributed by atoms with Gasteiger partial charge < -0.3 is 14.8 Å². The van der Waals surface area contributed by atoms with Gasteiger partial charge >= 0.3 is 0 Å². The molecule has 138 valence electrons. The number of benzene rings is 2. The van der Waals surface area contributed by atoms with E-state index in [4.69, 9.17) is 9.47 Å². The van der Waals surface area contributed by atoms with E-state index >= 15 is 0 Å². The van der Waals surface area contributed by atoms with Crippen LogP contribution in [0.25, 0.3) is 0 Å². The second-order valence-electron chi connectivity index (χ2n) is 6.57. The Bertz CT molecular complexity index is 757. The quantitative estimate of drug-likeness (QED) is 0.781. The highest BCUT2D eigenvalue weighted by atomic mass is 16.5. The molecule has 1 atom stereocenters. The molecule has 1 amide bonds. The summed E-state index contributed by atoms with van der Waals surface area (Å²) in [4.78, 5) is 12.7. The van der Waals surface area contributed by atoms with E-state index in [0.717, 1.165) is 18.6 Å². The molecule has 0 heterocycles. The van der Waals surface area contributed by atoms with Gasteiger partial charge in [0.1, 0.15) is 11.5 Å². The van der Waals surface area contributed by atoms with Crippen LogP contribution in [0.5, 0.6) is 11.5 Å². The number of para-hydroxylation sites is 2. The number of carbonyl (C=O) groups is 1. The highest BCUT2D eigenvalue weighted by Crippen LogP contribution is 2.27. The number of rotatable bonds is 7. The Balaban J connectivity index is 1.69. The van der Waals surface area contributed by atoms with Crippen LogP contribution in [0, 0.1) is 0 Å². The van der Waals surface area contributed by atoms with Crippen molar-refractivity contribution in [2.75, 3.05) is 11.9 Å². The monoisotopic (exact) mass is 353 g/mol. The van der Waals surface area contributed by atoms with Crippen LogP contribution in [0.4, 0.5) is 5.69 Å². The Morgan fingerprint density at radius 3 is 2.62 bits per heavy atom. The molecule has 0 aliphatic heterocycles. The van der Waals surface area contributed by atoms with Gasteiger partial charge in [0.05, 0.1) is 12.3 Å². The van der Waals surface area contributed by atoms with E-state index in [1.165, 1.54) is 24.0 Å². The third kappa shape index (κ3) is 4.37. The van der Waals surface area contributed by atoms with E-state index in [1.54, 1.807) is 0 Å². The second-order valence-corrected chi connectivity index (χ2v) is 6.57. The van der Waals surface area contributed by atoms with Crippen LogP contribution in [-0.4, -0.2) is 18.6 Å². The molecule has 0 saturated heterocycles. The number of fused-ring (bicyclic) bond motifs is 1. The van der Waals surface area contributed by atoms with Gasteiger partial charge in [-0.25, -0.2) is 0 Å². The summed E-state index contributed by atoms with van der Waals surface area (Å²) in [5.74, 6) is 1.29. The highest BCUT2D eigenvalue weighted by molar-refractivity contribution is 5.95. The SMILES string of the molecule is CCOc1ccccc1NC(=O)C(CC)Oc1ccc2c(c1)CCCC2. The third-order valence-corrected chi connectivity index (χ3v) is 4.71. The Kier molecular flexibility index (Phi) is 6.16. The molecular weight excluding hydrogens is 326 g/mol. The number of aryl methyl sites for hydroxylation is 2. The molecule has 0 radical (unpaired) electrons. The minimum atomic E-state index is -0.536. The van der Waals surface area contributed by atoms with Crippen LogP contribution < -0.4 is 14.8 Å². The standard InChI is InChI=1S/C22H27NO3/c1-3-20(22(24)23-19-11-7-8-12-21(19)25-4-2)26-18-14-13-16-9-5-6-10-17(16)15-18/h7-8,11-15,20H,3-6,9-10H2,1-2H3,(H,23,24). The van der Waals surface area contributed by atoms with Gasteiger partial charge in [0.15, 0.2) is 6.10 Å². The van der Waals surface area contributed by atoms with Crippen LogP contribution in [-0.2, 0) is 17.6 Å². The average molecular weight is 353 g/mol. The third-order valence-electron chi connectivity index (χ3n) is 4.71. The first-order chi connectivity index (χ1) is 12.7. The van der Waals surface area contributed by atoms with E-state index in [2.05, 4.69) is 17.4 Å². The smallest absolute Gasteiger partial charge is 0.265 e. The minimum absolute atomic E-state index is 0.155. The highest BCUT2D eigenvalue weighted by Gasteiger charge is 2.20. The van der Waals surface area contributed by atoms with Crippen molar-refractivity contribution in [1.29, 1.82) is 0 Å². The molecule has 0 bridgehead atoms. The zero-order valence-corrected chi connectivity index (χ0v) is 15.6. The Morgan fingerprint density at radius 1 is 1.08 bits per heavy atom. The van der Waals surface area contributed by atoms with Crippen molar-refractivity contribution in [3.05, 3.63) is 53.6 Å². The summed E-state index contributed by atoms with van der Waals surface area (Å²) in [5.41, 5.74) is 3.43. The van der Waals surface area contributed by atoms with Crippen molar-refractivity contribution in [2.24, 2.45) is 0 Å². The van der Waals surface area contributed by atoms with Crippen LogP contribution in [0.1, 0.15) is 44.2 Å². The van der Waals surface area contributed by atoms with Gasteiger partial charge in [-0.1, -0.05) is 25.1 Å². The zero-order chi connectivity index (χ0) is 18.4. The summed E-state index contributed by atoms with van der Waals surface area (Å²) in [7, 11) is 0. The molecule has 0 saturated carbocycles. The van der Waals surface area contributed by atoms with Crippen molar-refractivity contribution < 1.29 is 14.3 Å². The van der Waals surface area contributed by atoms with E-state index in [9.17, 15) is 4.79 Å². The van der Waals surface area contributed by atoms with E-state index in [-0.39, 0.29) is 5.91 Å². The predicted molar refractivity (Wildman–Crippen MR) is 104 cm³/mol. The van der Waals surface area contributed by atoms with Crippen molar-refractivity contribution in [2.45, 2.75) is 52.1 Å². The van der Waals surface area contributed by atoms with Gasteiger partial charge in [-0.15, -0.1) is 0 Å². The van der Waals surface area contributed by atoms with Gasteiger partial charge in [0, 0.05) is 0 Å². The lowest BCUT2D eigenvalue weighted by molar-refractivity contribution is -0.122. The first-order valence-electron chi connectivity index (χ1n) is 9.52. The average Bonchev–Trinajstić information content (AvgIpc) is 2.67. The molecule has 4 nitrogen and oxygen atoms in total. The Morgan fingerprint density at radius 2 is 1.85 bits per heavy atom. The maximum Gasteiger partial charge on any atom is 0.265 e. The van der Waals surface area contributed by atoms with Crippen molar-refractivity contribution in [1.82, 2.24) is 0 Å². The number of anilines is 1. The summed E-state index contributed by atoms with van der Waals surface area (Å²) in [6.07, 6.45) is 4.78. The van der Waals surface area contributed by atoms with Gasteiger partial charge in [0.25, 0.3) is 5.91 Å². The second kappa shape index (κ2) is 8.75. The molecule has 1 unspecified atom stereocenters. The molecule has 0 fully saturated rings. The first kappa shape index (κ1) is 18.3. The molecule has 1 aliphatic carbocycles. The van der Waals surface area contributed by atoms with Crippen molar-refractivity contribution in [3.63, 3.8) is 0 Å². The number of amides is 1. The van der Waals surface area contributed by atoms with Crippen LogP contribution >= 0.6 is 0 Å². The normalized spacial score (nSPS) is 14.2. The number of ether oxygens (including phenoxy) is 2. The maximum absolute atomic E-state index is 12.7. The Hall–Kier alpha value is -2.49. The number of hydrogen-bond acceptors (Lipinski definition) is 3. The molecule has 1 aliphatic rings. The predicted octanol–water partition coefficient (Wildman–Crippen LogP) is 4.76. The lowest BCUT2D eigenvalue weighted by Crippen LogP contribution is -2.32. The molecule has 0 spiro atoms. The molecule has 2 aromatic rings. The fourth-order valence-corrected chi connectivity index (χ4v) is 3.33. The zero-order valence-electron chi connectivity index (χ0n) is 15.6. The molecule has 3 rings (SSSR count). The Labute approximate surface area is 155 Å². The number of nitrogens with one attached hydrogen (secondary N) is 1. The van der Waals surface area contributed by atoms with Gasteiger partial charge in [0.2, 0.25) is 0 Å². The van der Waals surface area contributed by atoms with Crippen LogP contribution in [0.2, 0.25) is 0 Å². The number of carbonyl (C=O) groups excluding carboxylic acids is 1. The molecule has 2 aromatic carbocycles. The van der Waals surface area contributed by atoms with E-state index < -0.39 is 6.10 Å². The van der Waals surface area contributed by atoms with Gasteiger partial charge in [-0.3, -0.25) is 4.79 Å². The summed E-state index contributed by atoms with van der Waals surface area (Å²) in [6.45, 7) is 4.43. The summed E-state index contributed by atoms with van der Waals surface area (Å²) in [5, 5.41) is 2.94. The van der Waals surface area contributed by atoms with Crippen LogP contribution in [0.3, 0.4) is 0 Å². The van der Waals surface area contributed by atoms with Crippen molar-refractivity contribution in [3.8, 4) is 11.5 Å². The fraction of sp³-hybridized carbons (Fsp3) is 0.409. The number of hydrogen-bond donors (Lipinski definition) is 1. The molecule has 26 heavy (non-hydrogen) atoms. The molecule has 0 aromatic heterocycles. The van der Waals surface area contributed by atoms with Crippen molar-refractivity contribution >= 4 is 11.6 Å². The summed E-state index contributed by atoms with van der Waals surface area (Å²) >= 11 is 0. The lowest BCUT2D eigenvalue weighted by atomic mass is 9.92. The summed E-state index contributed by atoms with van der Waals surface area (Å²) in [6, 6.07) is 13.7. The maximum atomic E-state index is 12.7. The summed E-state index contributed by atoms with van der Waals surface area (Å²) < 4.78 is 11.6. The lowest BCUT2D eigenvalue weighted by Gasteiger charge is -2.21. The largest absolute Gasteiger partial charge is 0.492 e. The first-order valence-corrected chi connectivity index (χ1v) is 9.52. The van der Waals surface area contributed by atoms with E-state index in [0.29, 0.717) is 24.5 Å². The fourth-order valence-electron chi connectivity index (χ4n) is 3.33. The molecular formula is C22H27NO3. The minimum Gasteiger partial charge on any atom is -0.492 e. The van der Waals surface area contributed by atoms with Gasteiger partial charge in [-0.05, 0) is 74.4 Å². The van der Waals surface area contributed by atoms with Crippen LogP contribution in [0.15, 0.2) is 42.5 Å². The topological polar surface area (TPSA) is 47.6 Å². The van der Waals surface area contributed by atoms with E-state index in [1.807, 2.05) is 44.2 Å². The molecule has 4 heteroatoms. The van der Waals surface area contributed by atoms with Gasteiger partial charge in [-0.2, -0.15) is 0 Å².